The fraction of sp³-hybridized carbons (Fsp3) is 0.188. The monoisotopic (exact) mass is 495 g/mol. The highest BCUT2D eigenvalue weighted by Gasteiger charge is 2.23. The summed E-state index contributed by atoms with van der Waals surface area (Å²) in [6, 6.07) is 20.6. The van der Waals surface area contributed by atoms with Crippen molar-refractivity contribution in [2.24, 2.45) is 0 Å². The van der Waals surface area contributed by atoms with Crippen molar-refractivity contribution < 1.29 is 18.7 Å². The third-order valence-corrected chi connectivity index (χ3v) is 6.93. The molecule has 3 nitrogen and oxygen atoms in total. The predicted octanol–water partition coefficient (Wildman–Crippen LogP) is 7.36. The molecule has 4 aromatic rings. The van der Waals surface area contributed by atoms with Crippen LogP contribution in [0.3, 0.4) is 0 Å². The number of aromatic nitrogens is 1. The highest BCUT2D eigenvalue weighted by molar-refractivity contribution is 5.92. The van der Waals surface area contributed by atoms with E-state index in [1.54, 1.807) is 18.3 Å². The summed E-state index contributed by atoms with van der Waals surface area (Å²) >= 11 is 0. The van der Waals surface area contributed by atoms with E-state index in [4.69, 9.17) is 0 Å². The number of carbonyl (C=O) groups excluding carboxylic acids is 1. The largest absolute Gasteiger partial charge is 0.508 e. The van der Waals surface area contributed by atoms with Crippen molar-refractivity contribution in [1.29, 1.82) is 0 Å². The first kappa shape index (κ1) is 24.6. The average Bonchev–Trinajstić information content (AvgIpc) is 3.25. The Morgan fingerprint density at radius 2 is 1.76 bits per heavy atom. The molecule has 1 aromatic heterocycles. The number of aryl methyl sites for hydroxylation is 1. The Balaban J connectivity index is 1.44. The van der Waals surface area contributed by atoms with Crippen molar-refractivity contribution in [3.05, 3.63) is 125 Å². The molecule has 3 aromatic carbocycles. The van der Waals surface area contributed by atoms with Crippen molar-refractivity contribution in [3.8, 4) is 16.9 Å². The van der Waals surface area contributed by atoms with Gasteiger partial charge < -0.3 is 5.11 Å². The summed E-state index contributed by atoms with van der Waals surface area (Å²) in [6.45, 7) is 2.04. The Morgan fingerprint density at radius 3 is 2.54 bits per heavy atom. The minimum Gasteiger partial charge on any atom is -0.508 e. The van der Waals surface area contributed by atoms with E-state index in [0.29, 0.717) is 11.3 Å². The summed E-state index contributed by atoms with van der Waals surface area (Å²) in [5.74, 6) is -1.47. The molecule has 1 unspecified atom stereocenters. The van der Waals surface area contributed by atoms with Gasteiger partial charge in [0.1, 0.15) is 23.2 Å². The maximum atomic E-state index is 14.0. The van der Waals surface area contributed by atoms with Crippen LogP contribution in [0, 0.1) is 18.6 Å². The van der Waals surface area contributed by atoms with Crippen LogP contribution < -0.4 is 0 Å². The number of phenols is 1. The summed E-state index contributed by atoms with van der Waals surface area (Å²) in [6.07, 6.45) is 5.15. The number of ketones is 1. The summed E-state index contributed by atoms with van der Waals surface area (Å²) in [5, 5.41) is 9.91. The Bertz CT molecular complexity index is 1490. The number of fused-ring (bicyclic) bond motifs is 1. The third kappa shape index (κ3) is 5.67. The normalized spacial score (nSPS) is 13.2. The fourth-order valence-electron chi connectivity index (χ4n) is 5.14. The van der Waals surface area contributed by atoms with E-state index in [0.717, 1.165) is 45.9 Å². The van der Waals surface area contributed by atoms with Crippen LogP contribution in [-0.2, 0) is 17.6 Å². The van der Waals surface area contributed by atoms with E-state index in [2.05, 4.69) is 4.98 Å². The van der Waals surface area contributed by atoms with Crippen LogP contribution in [0.25, 0.3) is 16.7 Å². The number of nitrogens with zero attached hydrogens (tertiary/aromatic N) is 1. The van der Waals surface area contributed by atoms with E-state index in [-0.39, 0.29) is 36.7 Å². The smallest absolute Gasteiger partial charge is 0.137 e. The van der Waals surface area contributed by atoms with E-state index in [1.807, 2.05) is 55.5 Å². The van der Waals surface area contributed by atoms with Crippen LogP contribution in [0.5, 0.6) is 5.75 Å². The van der Waals surface area contributed by atoms with Crippen molar-refractivity contribution >= 4 is 11.4 Å². The van der Waals surface area contributed by atoms with Gasteiger partial charge in [-0.25, -0.2) is 8.78 Å². The van der Waals surface area contributed by atoms with E-state index >= 15 is 0 Å². The van der Waals surface area contributed by atoms with Gasteiger partial charge in [-0.1, -0.05) is 36.4 Å². The van der Waals surface area contributed by atoms with E-state index in [9.17, 15) is 18.7 Å². The molecule has 1 aliphatic carbocycles. The van der Waals surface area contributed by atoms with E-state index < -0.39 is 11.6 Å². The first-order valence-corrected chi connectivity index (χ1v) is 12.4. The number of hydrogen-bond donors (Lipinski definition) is 1. The standard InChI is InChI=1S/C32H27F2NO2/c1-20-4-2-3-5-30(20)24-10-11-35-32(17-24)25(12-21-13-26(33)18-27(34)14-21)16-29(37)15-23-7-6-22-8-9-28(36)19-31(22)23/h2-5,7-11,13-14,17-19,25,36H,6,12,15-16H2,1H3. The molecule has 0 saturated heterocycles. The molecule has 0 amide bonds. The first-order valence-electron chi connectivity index (χ1n) is 12.4. The number of aromatic hydroxyl groups is 1. The molecular formula is C32H27F2NO2. The molecule has 1 atom stereocenters. The summed E-state index contributed by atoms with van der Waals surface area (Å²) in [7, 11) is 0. The number of rotatable bonds is 8. The second-order valence-electron chi connectivity index (χ2n) is 9.66. The van der Waals surface area contributed by atoms with Crippen LogP contribution in [0.1, 0.15) is 46.7 Å². The van der Waals surface area contributed by atoms with Gasteiger partial charge >= 0.3 is 0 Å². The lowest BCUT2D eigenvalue weighted by molar-refractivity contribution is -0.118. The van der Waals surface area contributed by atoms with Gasteiger partial charge in [0.15, 0.2) is 0 Å². The average molecular weight is 496 g/mol. The molecule has 186 valence electrons. The molecule has 0 fully saturated rings. The second-order valence-corrected chi connectivity index (χ2v) is 9.66. The first-order chi connectivity index (χ1) is 17.9. The lowest BCUT2D eigenvalue weighted by Gasteiger charge is -2.18. The molecule has 0 bridgehead atoms. The molecule has 5 rings (SSSR count). The van der Waals surface area contributed by atoms with Gasteiger partial charge in [-0.15, -0.1) is 0 Å². The molecule has 1 aliphatic rings. The number of pyridine rings is 1. The third-order valence-electron chi connectivity index (χ3n) is 6.93. The van der Waals surface area contributed by atoms with Gasteiger partial charge in [-0.05, 0) is 95.1 Å². The predicted molar refractivity (Wildman–Crippen MR) is 141 cm³/mol. The maximum absolute atomic E-state index is 14.0. The summed E-state index contributed by atoms with van der Waals surface area (Å²) in [5.41, 5.74) is 7.24. The number of Topliss-reactive ketones (excluding diaryl/α,β-unsaturated/α-hetero) is 1. The zero-order valence-corrected chi connectivity index (χ0v) is 20.5. The zero-order chi connectivity index (χ0) is 25.9. The van der Waals surface area contributed by atoms with Crippen LogP contribution in [0.2, 0.25) is 0 Å². The SMILES string of the molecule is Cc1ccccc1-c1ccnc(C(CC(=O)CC2=CCc3ccc(O)cc32)Cc2cc(F)cc(F)c2)c1. The number of carbonyl (C=O) groups is 1. The lowest BCUT2D eigenvalue weighted by Crippen LogP contribution is -2.12. The molecule has 1 N–H and O–H groups in total. The van der Waals surface area contributed by atoms with Crippen molar-refractivity contribution in [1.82, 2.24) is 4.98 Å². The molecule has 0 aliphatic heterocycles. The fourth-order valence-corrected chi connectivity index (χ4v) is 5.14. The van der Waals surface area contributed by atoms with Gasteiger partial charge in [0.25, 0.3) is 0 Å². The number of allylic oxidation sites excluding steroid dienone is 2. The Labute approximate surface area is 215 Å². The van der Waals surface area contributed by atoms with Gasteiger partial charge in [-0.3, -0.25) is 9.78 Å². The highest BCUT2D eigenvalue weighted by Crippen LogP contribution is 2.35. The van der Waals surface area contributed by atoms with Crippen LogP contribution in [0.4, 0.5) is 8.78 Å². The Morgan fingerprint density at radius 1 is 0.973 bits per heavy atom. The second kappa shape index (κ2) is 10.5. The number of halogens is 2. The highest BCUT2D eigenvalue weighted by atomic mass is 19.1. The summed E-state index contributed by atoms with van der Waals surface area (Å²) in [4.78, 5) is 17.9. The van der Waals surface area contributed by atoms with Gasteiger partial charge in [0.2, 0.25) is 0 Å². The Hall–Kier alpha value is -4.12. The van der Waals surface area contributed by atoms with E-state index in [1.165, 1.54) is 12.1 Å². The molecule has 0 spiro atoms. The topological polar surface area (TPSA) is 50.2 Å². The maximum Gasteiger partial charge on any atom is 0.137 e. The zero-order valence-electron chi connectivity index (χ0n) is 20.5. The van der Waals surface area contributed by atoms with Crippen LogP contribution in [0.15, 0.2) is 85.1 Å². The van der Waals surface area contributed by atoms with Gasteiger partial charge in [0, 0.05) is 36.7 Å². The van der Waals surface area contributed by atoms with Crippen LogP contribution >= 0.6 is 0 Å². The van der Waals surface area contributed by atoms with Gasteiger partial charge in [0.05, 0.1) is 0 Å². The van der Waals surface area contributed by atoms with Crippen molar-refractivity contribution in [2.45, 2.75) is 38.5 Å². The van der Waals surface area contributed by atoms with Crippen molar-refractivity contribution in [3.63, 3.8) is 0 Å². The molecular weight excluding hydrogens is 468 g/mol. The molecule has 0 radical (unpaired) electrons. The number of phenolic OH excluding ortho intramolecular Hbond substituents is 1. The van der Waals surface area contributed by atoms with Gasteiger partial charge in [-0.2, -0.15) is 0 Å². The molecule has 1 heterocycles. The lowest BCUT2D eigenvalue weighted by atomic mass is 9.87. The Kier molecular flexibility index (Phi) is 6.95. The minimum atomic E-state index is -0.644. The molecule has 0 saturated carbocycles. The minimum absolute atomic E-state index is 0.00686. The number of hydrogen-bond acceptors (Lipinski definition) is 3. The molecule has 37 heavy (non-hydrogen) atoms. The molecule has 5 heteroatoms. The quantitative estimate of drug-likeness (QED) is 0.278. The summed E-state index contributed by atoms with van der Waals surface area (Å²) < 4.78 is 27.9. The number of benzene rings is 3. The van der Waals surface area contributed by atoms with Crippen molar-refractivity contribution in [2.75, 3.05) is 0 Å². The van der Waals surface area contributed by atoms with Crippen LogP contribution in [-0.4, -0.2) is 15.9 Å².